The zero-order valence-electron chi connectivity index (χ0n) is 18.2. The molecule has 0 bridgehead atoms. The molecule has 1 heterocycles. The predicted molar refractivity (Wildman–Crippen MR) is 130 cm³/mol. The number of methoxy groups -OCH3 is 1. The SMILES string of the molecule is CCOc1ccc2ccc(OCC)c(/C=C3\SC(=Nc4ccc(OC)cc4)NC3=O)c2c1. The van der Waals surface area contributed by atoms with E-state index in [9.17, 15) is 4.79 Å². The van der Waals surface area contributed by atoms with Crippen LogP contribution < -0.4 is 19.5 Å². The first kappa shape index (κ1) is 21.8. The first-order valence-electron chi connectivity index (χ1n) is 10.4. The fourth-order valence-electron chi connectivity index (χ4n) is 3.37. The summed E-state index contributed by atoms with van der Waals surface area (Å²) in [7, 11) is 1.62. The molecule has 1 fully saturated rings. The lowest BCUT2D eigenvalue weighted by atomic mass is 10.0. The Kier molecular flexibility index (Phi) is 6.66. The van der Waals surface area contributed by atoms with Crippen molar-refractivity contribution in [1.82, 2.24) is 5.32 Å². The van der Waals surface area contributed by atoms with Crippen LogP contribution in [-0.2, 0) is 4.79 Å². The maximum atomic E-state index is 12.7. The second-order valence-electron chi connectivity index (χ2n) is 6.91. The van der Waals surface area contributed by atoms with Crippen molar-refractivity contribution in [2.24, 2.45) is 4.99 Å². The minimum Gasteiger partial charge on any atom is -0.497 e. The Bertz CT molecular complexity index is 1200. The summed E-state index contributed by atoms with van der Waals surface area (Å²) >= 11 is 1.30. The Morgan fingerprint density at radius 2 is 1.69 bits per heavy atom. The number of carbonyl (C=O) groups is 1. The van der Waals surface area contributed by atoms with Crippen LogP contribution in [0, 0.1) is 0 Å². The molecule has 7 heteroatoms. The van der Waals surface area contributed by atoms with Gasteiger partial charge in [0.25, 0.3) is 5.91 Å². The number of carbonyl (C=O) groups excluding carboxylic acids is 1. The predicted octanol–water partition coefficient (Wildman–Crippen LogP) is 5.54. The van der Waals surface area contributed by atoms with Crippen LogP contribution in [0.5, 0.6) is 17.2 Å². The number of nitrogens with one attached hydrogen (secondary N) is 1. The summed E-state index contributed by atoms with van der Waals surface area (Å²) in [4.78, 5) is 17.8. The molecule has 3 aromatic carbocycles. The lowest BCUT2D eigenvalue weighted by molar-refractivity contribution is -0.115. The maximum absolute atomic E-state index is 12.7. The molecule has 0 saturated carbocycles. The highest BCUT2D eigenvalue weighted by Gasteiger charge is 2.25. The van der Waals surface area contributed by atoms with Gasteiger partial charge in [-0.1, -0.05) is 12.1 Å². The number of ether oxygens (including phenoxy) is 3. The summed E-state index contributed by atoms with van der Waals surface area (Å²) in [5.74, 6) is 2.06. The van der Waals surface area contributed by atoms with Gasteiger partial charge < -0.3 is 19.5 Å². The third-order valence-corrected chi connectivity index (χ3v) is 5.74. The van der Waals surface area contributed by atoms with E-state index < -0.39 is 0 Å². The van der Waals surface area contributed by atoms with Crippen LogP contribution in [0.1, 0.15) is 19.4 Å². The smallest absolute Gasteiger partial charge is 0.264 e. The number of fused-ring (bicyclic) bond motifs is 1. The number of amides is 1. The molecule has 1 aliphatic rings. The van der Waals surface area contributed by atoms with Gasteiger partial charge in [-0.15, -0.1) is 0 Å². The molecule has 3 aromatic rings. The molecule has 1 saturated heterocycles. The first-order chi connectivity index (χ1) is 15.6. The lowest BCUT2D eigenvalue weighted by Gasteiger charge is -2.12. The van der Waals surface area contributed by atoms with Crippen molar-refractivity contribution >= 4 is 45.4 Å². The summed E-state index contributed by atoms with van der Waals surface area (Å²) in [5.41, 5.74) is 1.57. The van der Waals surface area contributed by atoms with Gasteiger partial charge in [0.2, 0.25) is 0 Å². The molecule has 32 heavy (non-hydrogen) atoms. The molecular weight excluding hydrogens is 424 g/mol. The average Bonchev–Trinajstić information content (AvgIpc) is 3.14. The molecule has 0 aliphatic carbocycles. The molecule has 0 atom stereocenters. The van der Waals surface area contributed by atoms with E-state index in [1.165, 1.54) is 11.8 Å². The van der Waals surface area contributed by atoms with E-state index in [1.54, 1.807) is 7.11 Å². The zero-order valence-corrected chi connectivity index (χ0v) is 19.0. The lowest BCUT2D eigenvalue weighted by Crippen LogP contribution is -2.19. The summed E-state index contributed by atoms with van der Waals surface area (Å²) in [6.07, 6.45) is 1.86. The Morgan fingerprint density at radius 1 is 0.969 bits per heavy atom. The average molecular weight is 449 g/mol. The van der Waals surface area contributed by atoms with Crippen LogP contribution in [0.15, 0.2) is 64.5 Å². The van der Waals surface area contributed by atoms with Gasteiger partial charge in [0.15, 0.2) is 5.17 Å². The molecule has 164 valence electrons. The number of hydrogen-bond acceptors (Lipinski definition) is 6. The van der Waals surface area contributed by atoms with Gasteiger partial charge in [0.05, 0.1) is 30.9 Å². The van der Waals surface area contributed by atoms with Crippen molar-refractivity contribution in [3.63, 3.8) is 0 Å². The van der Waals surface area contributed by atoms with Gasteiger partial charge in [-0.2, -0.15) is 0 Å². The Hall–Kier alpha value is -3.45. The summed E-state index contributed by atoms with van der Waals surface area (Å²) in [5, 5.41) is 5.37. The van der Waals surface area contributed by atoms with Crippen molar-refractivity contribution in [3.8, 4) is 17.2 Å². The van der Waals surface area contributed by atoms with E-state index >= 15 is 0 Å². The van der Waals surface area contributed by atoms with Crippen LogP contribution in [-0.4, -0.2) is 31.4 Å². The minimum absolute atomic E-state index is 0.192. The summed E-state index contributed by atoms with van der Waals surface area (Å²) in [6.45, 7) is 4.99. The highest BCUT2D eigenvalue weighted by molar-refractivity contribution is 8.18. The molecular formula is C25H24N2O4S. The molecule has 0 unspecified atom stereocenters. The second kappa shape index (κ2) is 9.78. The third-order valence-electron chi connectivity index (χ3n) is 4.83. The topological polar surface area (TPSA) is 69.2 Å². The molecule has 0 spiro atoms. The second-order valence-corrected chi connectivity index (χ2v) is 7.94. The molecule has 6 nitrogen and oxygen atoms in total. The largest absolute Gasteiger partial charge is 0.497 e. The summed E-state index contributed by atoms with van der Waals surface area (Å²) < 4.78 is 16.7. The van der Waals surface area contributed by atoms with Crippen LogP contribution in [0.2, 0.25) is 0 Å². The first-order valence-corrected chi connectivity index (χ1v) is 11.2. The normalized spacial score (nSPS) is 15.9. The monoisotopic (exact) mass is 448 g/mol. The molecule has 0 radical (unpaired) electrons. The van der Waals surface area contributed by atoms with E-state index in [0.29, 0.717) is 23.3 Å². The van der Waals surface area contributed by atoms with E-state index in [2.05, 4.69) is 10.3 Å². The van der Waals surface area contributed by atoms with Crippen LogP contribution in [0.4, 0.5) is 5.69 Å². The summed E-state index contributed by atoms with van der Waals surface area (Å²) in [6, 6.07) is 17.2. The molecule has 4 rings (SSSR count). The number of nitrogens with zero attached hydrogens (tertiary/aromatic N) is 1. The van der Waals surface area contributed by atoms with Gasteiger partial charge in [0, 0.05) is 5.56 Å². The minimum atomic E-state index is -0.192. The van der Waals surface area contributed by atoms with Crippen LogP contribution in [0.3, 0.4) is 0 Å². The van der Waals surface area contributed by atoms with E-state index in [4.69, 9.17) is 14.2 Å². The van der Waals surface area contributed by atoms with Gasteiger partial charge in [0.1, 0.15) is 17.2 Å². The van der Waals surface area contributed by atoms with Crippen molar-refractivity contribution in [2.45, 2.75) is 13.8 Å². The van der Waals surface area contributed by atoms with Gasteiger partial charge in [-0.3, -0.25) is 4.79 Å². The number of amidine groups is 1. The molecule has 0 aromatic heterocycles. The zero-order chi connectivity index (χ0) is 22.5. The van der Waals surface area contributed by atoms with E-state index in [-0.39, 0.29) is 5.91 Å². The van der Waals surface area contributed by atoms with E-state index in [1.807, 2.05) is 74.5 Å². The fraction of sp³-hybridized carbons (Fsp3) is 0.200. The highest BCUT2D eigenvalue weighted by Crippen LogP contribution is 2.36. The number of aliphatic imine (C=N–C) groups is 1. The number of rotatable bonds is 7. The Balaban J connectivity index is 1.72. The van der Waals surface area contributed by atoms with E-state index in [0.717, 1.165) is 39.3 Å². The van der Waals surface area contributed by atoms with Gasteiger partial charge in [-0.25, -0.2) is 4.99 Å². The van der Waals surface area contributed by atoms with Crippen molar-refractivity contribution in [1.29, 1.82) is 0 Å². The fourth-order valence-corrected chi connectivity index (χ4v) is 4.20. The number of thioether (sulfide) groups is 1. The Labute approximate surface area is 191 Å². The highest BCUT2D eigenvalue weighted by atomic mass is 32.2. The number of benzene rings is 3. The number of hydrogen-bond donors (Lipinski definition) is 1. The maximum Gasteiger partial charge on any atom is 0.264 e. The van der Waals surface area contributed by atoms with Crippen molar-refractivity contribution in [2.75, 3.05) is 20.3 Å². The molecule has 1 aliphatic heterocycles. The van der Waals surface area contributed by atoms with Crippen molar-refractivity contribution < 1.29 is 19.0 Å². The third kappa shape index (κ3) is 4.73. The standard InChI is InChI=1S/C25H24N2O4S/c1-4-30-19-10-6-16-7-13-22(31-5-2)21(20(16)14-19)15-23-24(28)27-25(32-23)26-17-8-11-18(29-3)12-9-17/h6-15H,4-5H2,1-3H3,(H,26,27,28)/b23-15-. The van der Waals surface area contributed by atoms with Gasteiger partial charge >= 0.3 is 0 Å². The molecule has 1 N–H and O–H groups in total. The van der Waals surface area contributed by atoms with Crippen LogP contribution in [0.25, 0.3) is 16.8 Å². The Morgan fingerprint density at radius 3 is 2.41 bits per heavy atom. The van der Waals surface area contributed by atoms with Crippen LogP contribution >= 0.6 is 11.8 Å². The van der Waals surface area contributed by atoms with Crippen molar-refractivity contribution in [3.05, 3.63) is 65.1 Å². The van der Waals surface area contributed by atoms with Gasteiger partial charge in [-0.05, 0) is 84.9 Å². The molecule has 1 amide bonds. The quantitative estimate of drug-likeness (QED) is 0.481.